The molecule has 0 heterocycles. The fourth-order valence-corrected chi connectivity index (χ4v) is 2.80. The van der Waals surface area contributed by atoms with Gasteiger partial charge in [-0.3, -0.25) is 0 Å². The van der Waals surface area contributed by atoms with Crippen LogP contribution in [0, 0.1) is 3.57 Å². The van der Waals surface area contributed by atoms with Crippen molar-refractivity contribution in [3.05, 3.63) is 50.5 Å². The van der Waals surface area contributed by atoms with Crippen LogP contribution < -0.4 is 4.74 Å². The molecular formula is C13H10BrIO. The molecule has 0 aliphatic rings. The van der Waals surface area contributed by atoms with Crippen molar-refractivity contribution in [3.8, 4) is 16.9 Å². The van der Waals surface area contributed by atoms with Gasteiger partial charge in [0.15, 0.2) is 0 Å². The molecule has 82 valence electrons. The summed E-state index contributed by atoms with van der Waals surface area (Å²) in [6.07, 6.45) is 0. The molecule has 2 rings (SSSR count). The molecule has 0 saturated carbocycles. The molecule has 16 heavy (non-hydrogen) atoms. The molecule has 0 atom stereocenters. The average Bonchev–Trinajstić information content (AvgIpc) is 2.30. The van der Waals surface area contributed by atoms with Crippen molar-refractivity contribution in [1.29, 1.82) is 0 Å². The molecule has 0 fully saturated rings. The van der Waals surface area contributed by atoms with E-state index < -0.39 is 0 Å². The SMILES string of the molecule is COc1ccc(-c2ccccc2Br)c(I)c1. The maximum atomic E-state index is 5.20. The second kappa shape index (κ2) is 5.19. The Kier molecular flexibility index (Phi) is 3.86. The first-order valence-corrected chi connectivity index (χ1v) is 6.68. The summed E-state index contributed by atoms with van der Waals surface area (Å²) in [6, 6.07) is 14.3. The minimum absolute atomic E-state index is 0.889. The summed E-state index contributed by atoms with van der Waals surface area (Å²) < 4.78 is 7.49. The number of benzene rings is 2. The predicted molar refractivity (Wildman–Crippen MR) is 78.8 cm³/mol. The molecule has 2 aromatic rings. The van der Waals surface area contributed by atoms with Gasteiger partial charge in [0, 0.05) is 8.04 Å². The Balaban J connectivity index is 2.53. The van der Waals surface area contributed by atoms with E-state index in [9.17, 15) is 0 Å². The lowest BCUT2D eigenvalue weighted by molar-refractivity contribution is 0.414. The van der Waals surface area contributed by atoms with Crippen LogP contribution in [0.3, 0.4) is 0 Å². The second-order valence-corrected chi connectivity index (χ2v) is 5.34. The molecular weight excluding hydrogens is 379 g/mol. The second-order valence-electron chi connectivity index (χ2n) is 3.33. The van der Waals surface area contributed by atoms with Crippen molar-refractivity contribution in [2.45, 2.75) is 0 Å². The smallest absolute Gasteiger partial charge is 0.119 e. The van der Waals surface area contributed by atoms with Gasteiger partial charge in [-0.15, -0.1) is 0 Å². The van der Waals surface area contributed by atoms with E-state index in [0.29, 0.717) is 0 Å². The maximum Gasteiger partial charge on any atom is 0.119 e. The van der Waals surface area contributed by atoms with Crippen molar-refractivity contribution >= 4 is 38.5 Å². The van der Waals surface area contributed by atoms with Gasteiger partial charge in [0.2, 0.25) is 0 Å². The van der Waals surface area contributed by atoms with E-state index >= 15 is 0 Å². The normalized spacial score (nSPS) is 10.2. The topological polar surface area (TPSA) is 9.23 Å². The zero-order valence-corrected chi connectivity index (χ0v) is 12.4. The van der Waals surface area contributed by atoms with Crippen molar-refractivity contribution in [2.75, 3.05) is 7.11 Å². The lowest BCUT2D eigenvalue weighted by Crippen LogP contribution is -1.87. The summed E-state index contributed by atoms with van der Waals surface area (Å²) in [5.74, 6) is 0.889. The molecule has 0 spiro atoms. The number of halogens is 2. The van der Waals surface area contributed by atoms with E-state index in [1.807, 2.05) is 24.3 Å². The fourth-order valence-electron chi connectivity index (χ4n) is 1.52. The fraction of sp³-hybridized carbons (Fsp3) is 0.0769. The summed E-state index contributed by atoms with van der Waals surface area (Å²) in [7, 11) is 1.68. The number of rotatable bonds is 2. The molecule has 0 bridgehead atoms. The van der Waals surface area contributed by atoms with Gasteiger partial charge in [0.25, 0.3) is 0 Å². The van der Waals surface area contributed by atoms with E-state index in [4.69, 9.17) is 4.74 Å². The minimum atomic E-state index is 0.889. The van der Waals surface area contributed by atoms with Gasteiger partial charge in [0.05, 0.1) is 7.11 Å². The third-order valence-corrected chi connectivity index (χ3v) is 3.92. The molecule has 0 aliphatic heterocycles. The van der Waals surface area contributed by atoms with Gasteiger partial charge >= 0.3 is 0 Å². The van der Waals surface area contributed by atoms with E-state index in [-0.39, 0.29) is 0 Å². The Morgan fingerprint density at radius 3 is 2.44 bits per heavy atom. The molecule has 0 aromatic heterocycles. The van der Waals surface area contributed by atoms with Crippen LogP contribution in [0.15, 0.2) is 46.9 Å². The molecule has 0 unspecified atom stereocenters. The first kappa shape index (κ1) is 11.9. The van der Waals surface area contributed by atoms with Crippen LogP contribution in [0.1, 0.15) is 0 Å². The Morgan fingerprint density at radius 2 is 1.81 bits per heavy atom. The van der Waals surface area contributed by atoms with Gasteiger partial charge in [0.1, 0.15) is 5.75 Å². The molecule has 0 amide bonds. The summed E-state index contributed by atoms with van der Waals surface area (Å²) in [4.78, 5) is 0. The van der Waals surface area contributed by atoms with Gasteiger partial charge in [-0.05, 0) is 58.0 Å². The lowest BCUT2D eigenvalue weighted by Gasteiger charge is -2.08. The Hall–Kier alpha value is -0.550. The summed E-state index contributed by atoms with van der Waals surface area (Å²) in [6.45, 7) is 0. The number of hydrogen-bond acceptors (Lipinski definition) is 1. The van der Waals surface area contributed by atoms with Gasteiger partial charge in [-0.25, -0.2) is 0 Å². The van der Waals surface area contributed by atoms with Crippen LogP contribution in [0.5, 0.6) is 5.75 Å². The maximum absolute atomic E-state index is 5.20. The first-order valence-electron chi connectivity index (χ1n) is 4.81. The van der Waals surface area contributed by atoms with Crippen molar-refractivity contribution in [3.63, 3.8) is 0 Å². The van der Waals surface area contributed by atoms with Crippen molar-refractivity contribution in [1.82, 2.24) is 0 Å². The van der Waals surface area contributed by atoms with Crippen LogP contribution in [-0.2, 0) is 0 Å². The largest absolute Gasteiger partial charge is 0.497 e. The summed E-state index contributed by atoms with van der Waals surface area (Å²) in [5.41, 5.74) is 2.42. The average molecular weight is 389 g/mol. The molecule has 3 heteroatoms. The first-order chi connectivity index (χ1) is 7.72. The van der Waals surface area contributed by atoms with Gasteiger partial charge in [-0.2, -0.15) is 0 Å². The van der Waals surface area contributed by atoms with E-state index in [0.717, 1.165) is 10.2 Å². The Labute approximate surface area is 117 Å². The van der Waals surface area contributed by atoms with Crippen molar-refractivity contribution < 1.29 is 4.74 Å². The van der Waals surface area contributed by atoms with Crippen LogP contribution in [0.2, 0.25) is 0 Å². The standard InChI is InChI=1S/C13H10BrIO/c1-16-9-6-7-11(13(15)8-9)10-4-2-3-5-12(10)14/h2-8H,1H3. The number of hydrogen-bond donors (Lipinski definition) is 0. The third-order valence-electron chi connectivity index (χ3n) is 2.34. The molecule has 0 radical (unpaired) electrons. The third kappa shape index (κ3) is 2.40. The molecule has 0 aliphatic carbocycles. The highest BCUT2D eigenvalue weighted by molar-refractivity contribution is 14.1. The quantitative estimate of drug-likeness (QED) is 0.676. The number of methoxy groups -OCH3 is 1. The van der Waals surface area contributed by atoms with Gasteiger partial charge in [-0.1, -0.05) is 34.1 Å². The highest BCUT2D eigenvalue weighted by atomic mass is 127. The highest BCUT2D eigenvalue weighted by Gasteiger charge is 2.07. The predicted octanol–water partition coefficient (Wildman–Crippen LogP) is 4.73. The van der Waals surface area contributed by atoms with Crippen LogP contribution in [0.4, 0.5) is 0 Å². The van der Waals surface area contributed by atoms with E-state index in [2.05, 4.69) is 56.7 Å². The summed E-state index contributed by atoms with van der Waals surface area (Å²) >= 11 is 5.90. The molecule has 2 aromatic carbocycles. The lowest BCUT2D eigenvalue weighted by atomic mass is 10.1. The van der Waals surface area contributed by atoms with Crippen LogP contribution >= 0.6 is 38.5 Å². The summed E-state index contributed by atoms with van der Waals surface area (Å²) in [5, 5.41) is 0. The Bertz CT molecular complexity index is 511. The van der Waals surface area contributed by atoms with Crippen molar-refractivity contribution in [2.24, 2.45) is 0 Å². The highest BCUT2D eigenvalue weighted by Crippen LogP contribution is 2.33. The molecule has 1 nitrogen and oxygen atoms in total. The molecule has 0 saturated heterocycles. The van der Waals surface area contributed by atoms with Crippen LogP contribution in [-0.4, -0.2) is 7.11 Å². The molecule has 0 N–H and O–H groups in total. The minimum Gasteiger partial charge on any atom is -0.497 e. The Morgan fingerprint density at radius 1 is 1.06 bits per heavy atom. The zero-order valence-electron chi connectivity index (χ0n) is 8.71. The van der Waals surface area contributed by atoms with Gasteiger partial charge < -0.3 is 4.74 Å². The zero-order chi connectivity index (χ0) is 11.5. The van der Waals surface area contributed by atoms with E-state index in [1.165, 1.54) is 14.7 Å². The van der Waals surface area contributed by atoms with E-state index in [1.54, 1.807) is 7.11 Å². The number of ether oxygens (including phenoxy) is 1. The monoisotopic (exact) mass is 388 g/mol. The van der Waals surface area contributed by atoms with Crippen LogP contribution in [0.25, 0.3) is 11.1 Å².